The molecule has 3 atom stereocenters. The summed E-state index contributed by atoms with van der Waals surface area (Å²) in [7, 11) is 0. The van der Waals surface area contributed by atoms with Gasteiger partial charge in [0.05, 0.1) is 0 Å². The third-order valence-electron chi connectivity index (χ3n) is 5.13. The van der Waals surface area contributed by atoms with Crippen LogP contribution in [-0.4, -0.2) is 11.8 Å². The zero-order valence-corrected chi connectivity index (χ0v) is 16.4. The van der Waals surface area contributed by atoms with Crippen LogP contribution in [0.5, 0.6) is 0 Å². The second-order valence-electron chi connectivity index (χ2n) is 7.22. The highest BCUT2D eigenvalue weighted by molar-refractivity contribution is 6.30. The van der Waals surface area contributed by atoms with Crippen molar-refractivity contribution in [3.05, 3.63) is 64.7 Å². The molecule has 2 N–H and O–H groups in total. The van der Waals surface area contributed by atoms with Crippen LogP contribution in [0.3, 0.4) is 0 Å². The van der Waals surface area contributed by atoms with Gasteiger partial charge in [-0.05, 0) is 54.2 Å². The SMILES string of the molecule is CCC(C)C(=O)Nc1cccc(CNC(=O)C2CC2c2cccc(Cl)c2)c1. The van der Waals surface area contributed by atoms with Crippen molar-refractivity contribution in [2.75, 3.05) is 5.32 Å². The Kier molecular flexibility index (Phi) is 6.17. The van der Waals surface area contributed by atoms with Gasteiger partial charge in [0.2, 0.25) is 11.8 Å². The highest BCUT2D eigenvalue weighted by Crippen LogP contribution is 2.47. The first-order valence-electron chi connectivity index (χ1n) is 9.41. The van der Waals surface area contributed by atoms with Gasteiger partial charge in [-0.1, -0.05) is 49.7 Å². The Morgan fingerprint density at radius 2 is 1.96 bits per heavy atom. The van der Waals surface area contributed by atoms with E-state index in [0.29, 0.717) is 11.6 Å². The number of hydrogen-bond donors (Lipinski definition) is 2. The van der Waals surface area contributed by atoms with E-state index < -0.39 is 0 Å². The molecule has 1 fully saturated rings. The summed E-state index contributed by atoms with van der Waals surface area (Å²) in [5.41, 5.74) is 2.85. The van der Waals surface area contributed by atoms with Crippen molar-refractivity contribution >= 4 is 29.1 Å². The normalized spacial score (nSPS) is 19.2. The van der Waals surface area contributed by atoms with Crippen LogP contribution < -0.4 is 10.6 Å². The van der Waals surface area contributed by atoms with E-state index >= 15 is 0 Å². The zero-order valence-electron chi connectivity index (χ0n) is 15.7. The van der Waals surface area contributed by atoms with E-state index in [0.717, 1.165) is 29.7 Å². The number of carbonyl (C=O) groups excluding carboxylic acids is 2. The Hall–Kier alpha value is -2.33. The molecule has 2 amide bonds. The van der Waals surface area contributed by atoms with Gasteiger partial charge in [0.15, 0.2) is 0 Å². The van der Waals surface area contributed by atoms with E-state index in [1.54, 1.807) is 0 Å². The predicted molar refractivity (Wildman–Crippen MR) is 109 cm³/mol. The van der Waals surface area contributed by atoms with Gasteiger partial charge in [0, 0.05) is 29.1 Å². The highest BCUT2D eigenvalue weighted by Gasteiger charge is 2.43. The van der Waals surface area contributed by atoms with E-state index in [9.17, 15) is 9.59 Å². The molecule has 0 aromatic heterocycles. The molecule has 0 radical (unpaired) electrons. The fourth-order valence-corrected chi connectivity index (χ4v) is 3.32. The molecule has 142 valence electrons. The molecule has 0 aliphatic heterocycles. The summed E-state index contributed by atoms with van der Waals surface area (Å²) >= 11 is 6.03. The van der Waals surface area contributed by atoms with Crippen LogP contribution in [0, 0.1) is 11.8 Å². The smallest absolute Gasteiger partial charge is 0.227 e. The van der Waals surface area contributed by atoms with Crippen LogP contribution in [0.1, 0.15) is 43.7 Å². The van der Waals surface area contributed by atoms with E-state index in [1.807, 2.05) is 62.4 Å². The van der Waals surface area contributed by atoms with Gasteiger partial charge in [0.1, 0.15) is 0 Å². The van der Waals surface area contributed by atoms with Crippen LogP contribution in [-0.2, 0) is 16.1 Å². The number of hydrogen-bond acceptors (Lipinski definition) is 2. The summed E-state index contributed by atoms with van der Waals surface area (Å²) in [5, 5.41) is 6.63. The molecule has 0 saturated heterocycles. The number of anilines is 1. The van der Waals surface area contributed by atoms with Crippen molar-refractivity contribution in [1.29, 1.82) is 0 Å². The van der Waals surface area contributed by atoms with Gasteiger partial charge in [-0.15, -0.1) is 0 Å². The van der Waals surface area contributed by atoms with E-state index in [2.05, 4.69) is 10.6 Å². The van der Waals surface area contributed by atoms with Crippen LogP contribution in [0.2, 0.25) is 5.02 Å². The van der Waals surface area contributed by atoms with E-state index in [4.69, 9.17) is 11.6 Å². The average molecular weight is 385 g/mol. The standard InChI is InChI=1S/C22H25ClN2O2/c1-3-14(2)21(26)25-18-9-4-6-15(10-18)13-24-22(27)20-12-19(20)16-7-5-8-17(23)11-16/h4-11,14,19-20H,3,12-13H2,1-2H3,(H,24,27)(H,25,26). The molecule has 1 aliphatic rings. The van der Waals surface area contributed by atoms with Crippen molar-refractivity contribution < 1.29 is 9.59 Å². The molecule has 0 bridgehead atoms. The third kappa shape index (κ3) is 5.10. The quantitative estimate of drug-likeness (QED) is 0.724. The van der Waals surface area contributed by atoms with Crippen molar-refractivity contribution in [3.63, 3.8) is 0 Å². The minimum Gasteiger partial charge on any atom is -0.352 e. The second-order valence-corrected chi connectivity index (χ2v) is 7.66. The maximum absolute atomic E-state index is 12.4. The van der Waals surface area contributed by atoms with Crippen LogP contribution in [0.4, 0.5) is 5.69 Å². The highest BCUT2D eigenvalue weighted by atomic mass is 35.5. The van der Waals surface area contributed by atoms with Gasteiger partial charge >= 0.3 is 0 Å². The Morgan fingerprint density at radius 3 is 2.70 bits per heavy atom. The number of nitrogens with one attached hydrogen (secondary N) is 2. The van der Waals surface area contributed by atoms with Crippen molar-refractivity contribution in [3.8, 4) is 0 Å². The zero-order chi connectivity index (χ0) is 19.4. The topological polar surface area (TPSA) is 58.2 Å². The lowest BCUT2D eigenvalue weighted by atomic mass is 10.1. The van der Waals surface area contributed by atoms with Crippen LogP contribution in [0.15, 0.2) is 48.5 Å². The number of carbonyl (C=O) groups is 2. The molecule has 3 unspecified atom stereocenters. The molecule has 2 aromatic carbocycles. The maximum Gasteiger partial charge on any atom is 0.227 e. The summed E-state index contributed by atoms with van der Waals surface area (Å²) in [6, 6.07) is 15.3. The summed E-state index contributed by atoms with van der Waals surface area (Å²) < 4.78 is 0. The first kappa shape index (κ1) is 19.4. The van der Waals surface area contributed by atoms with Gasteiger partial charge in [-0.2, -0.15) is 0 Å². The van der Waals surface area contributed by atoms with Crippen molar-refractivity contribution in [1.82, 2.24) is 5.32 Å². The first-order chi connectivity index (χ1) is 13.0. The van der Waals surface area contributed by atoms with E-state index in [1.165, 1.54) is 0 Å². The second kappa shape index (κ2) is 8.57. The number of halogens is 1. The molecule has 0 spiro atoms. The van der Waals surface area contributed by atoms with Crippen molar-refractivity contribution in [2.24, 2.45) is 11.8 Å². The Bertz CT molecular complexity index is 837. The van der Waals surface area contributed by atoms with Crippen LogP contribution >= 0.6 is 11.6 Å². The number of amides is 2. The largest absolute Gasteiger partial charge is 0.352 e. The minimum absolute atomic E-state index is 0.0109. The Balaban J connectivity index is 1.52. The first-order valence-corrected chi connectivity index (χ1v) is 9.78. The summed E-state index contributed by atoms with van der Waals surface area (Å²) in [6.45, 7) is 4.35. The molecule has 27 heavy (non-hydrogen) atoms. The molecular formula is C22H25ClN2O2. The lowest BCUT2D eigenvalue weighted by Gasteiger charge is -2.11. The maximum atomic E-state index is 12.4. The van der Waals surface area contributed by atoms with Gasteiger partial charge in [-0.3, -0.25) is 9.59 Å². The molecule has 1 aliphatic carbocycles. The third-order valence-corrected chi connectivity index (χ3v) is 5.36. The molecule has 5 heteroatoms. The lowest BCUT2D eigenvalue weighted by molar-refractivity contribution is -0.122. The molecule has 0 heterocycles. The minimum atomic E-state index is -0.0216. The van der Waals surface area contributed by atoms with Crippen LogP contribution in [0.25, 0.3) is 0 Å². The predicted octanol–water partition coefficient (Wildman–Crippen LogP) is 4.74. The lowest BCUT2D eigenvalue weighted by Crippen LogP contribution is -2.25. The van der Waals surface area contributed by atoms with Gasteiger partial charge in [-0.25, -0.2) is 0 Å². The van der Waals surface area contributed by atoms with E-state index in [-0.39, 0.29) is 29.6 Å². The number of rotatable bonds is 7. The Morgan fingerprint density at radius 1 is 1.19 bits per heavy atom. The number of benzene rings is 2. The molecule has 2 aromatic rings. The summed E-state index contributed by atoms with van der Waals surface area (Å²) in [5.74, 6) is 0.323. The van der Waals surface area contributed by atoms with Gasteiger partial charge in [0.25, 0.3) is 0 Å². The molecule has 3 rings (SSSR count). The molecular weight excluding hydrogens is 360 g/mol. The molecule has 4 nitrogen and oxygen atoms in total. The molecule has 1 saturated carbocycles. The summed E-state index contributed by atoms with van der Waals surface area (Å²) in [6.07, 6.45) is 1.66. The summed E-state index contributed by atoms with van der Waals surface area (Å²) in [4.78, 5) is 24.4. The fraction of sp³-hybridized carbons (Fsp3) is 0.364. The monoisotopic (exact) mass is 384 g/mol. The average Bonchev–Trinajstić information content (AvgIpc) is 3.46. The Labute approximate surface area is 165 Å². The fourth-order valence-electron chi connectivity index (χ4n) is 3.12. The van der Waals surface area contributed by atoms with Crippen molar-refractivity contribution in [2.45, 2.75) is 39.2 Å². The van der Waals surface area contributed by atoms with Gasteiger partial charge < -0.3 is 10.6 Å².